The second kappa shape index (κ2) is 9.41. The molecular weight excluding hydrogens is 244 g/mol. The van der Waals surface area contributed by atoms with Crippen molar-refractivity contribution in [3.63, 3.8) is 0 Å². The Morgan fingerprint density at radius 3 is 2.50 bits per heavy atom. The molecule has 0 aliphatic carbocycles. The van der Waals surface area contributed by atoms with Gasteiger partial charge in [-0.15, -0.1) is 11.6 Å². The largest absolute Gasteiger partial charge is 0.381 e. The minimum atomic E-state index is 0.524. The average molecular weight is 269 g/mol. The third-order valence-corrected chi connectivity index (χ3v) is 3.61. The van der Waals surface area contributed by atoms with Crippen LogP contribution in [0.15, 0.2) is 24.3 Å². The van der Waals surface area contributed by atoms with Crippen molar-refractivity contribution in [2.75, 3.05) is 19.1 Å². The number of hydrogen-bond acceptors (Lipinski definition) is 1. The lowest BCUT2D eigenvalue weighted by atomic mass is 9.98. The van der Waals surface area contributed by atoms with Gasteiger partial charge in [0.1, 0.15) is 0 Å². The molecule has 0 fully saturated rings. The molecule has 0 heterocycles. The predicted molar refractivity (Wildman–Crippen MR) is 79.4 cm³/mol. The highest BCUT2D eigenvalue weighted by Crippen LogP contribution is 2.15. The van der Waals surface area contributed by atoms with E-state index in [0.29, 0.717) is 11.8 Å². The molecule has 0 N–H and O–H groups in total. The smallest absolute Gasteiger partial charge is 0.0469 e. The summed E-state index contributed by atoms with van der Waals surface area (Å²) in [6.07, 6.45) is 4.47. The normalized spacial score (nSPS) is 12.6. The van der Waals surface area contributed by atoms with Crippen molar-refractivity contribution in [2.45, 2.75) is 39.5 Å². The number of halogens is 1. The van der Waals surface area contributed by atoms with Crippen molar-refractivity contribution in [3.8, 4) is 0 Å². The first-order valence-corrected chi connectivity index (χ1v) is 7.49. The molecule has 1 aromatic rings. The van der Waals surface area contributed by atoms with E-state index in [2.05, 4.69) is 38.1 Å². The van der Waals surface area contributed by atoms with E-state index in [1.807, 2.05) is 0 Å². The number of aryl methyl sites for hydroxylation is 1. The maximum absolute atomic E-state index is 6.03. The lowest BCUT2D eigenvalue weighted by Crippen LogP contribution is -2.10. The van der Waals surface area contributed by atoms with Crippen molar-refractivity contribution < 1.29 is 4.74 Å². The third-order valence-electron chi connectivity index (χ3n) is 3.18. The third kappa shape index (κ3) is 6.42. The highest BCUT2D eigenvalue weighted by molar-refractivity contribution is 6.18. The molecule has 0 radical (unpaired) electrons. The van der Waals surface area contributed by atoms with Gasteiger partial charge in [0.25, 0.3) is 0 Å². The number of benzene rings is 1. The van der Waals surface area contributed by atoms with E-state index in [1.165, 1.54) is 17.5 Å². The van der Waals surface area contributed by atoms with Crippen molar-refractivity contribution >= 4 is 11.6 Å². The monoisotopic (exact) mass is 268 g/mol. The molecule has 0 aromatic heterocycles. The molecule has 18 heavy (non-hydrogen) atoms. The van der Waals surface area contributed by atoms with Gasteiger partial charge in [0, 0.05) is 19.1 Å². The SMILES string of the molecule is CCCCOCCC(CCl)Cc1ccc(C)cc1. The van der Waals surface area contributed by atoms with E-state index >= 15 is 0 Å². The van der Waals surface area contributed by atoms with Gasteiger partial charge >= 0.3 is 0 Å². The van der Waals surface area contributed by atoms with Gasteiger partial charge in [-0.1, -0.05) is 43.2 Å². The number of hydrogen-bond donors (Lipinski definition) is 0. The van der Waals surface area contributed by atoms with Gasteiger partial charge in [0.2, 0.25) is 0 Å². The Bertz CT molecular complexity index is 307. The summed E-state index contributed by atoms with van der Waals surface area (Å²) in [4.78, 5) is 0. The number of unbranched alkanes of at least 4 members (excludes halogenated alkanes) is 1. The fourth-order valence-corrected chi connectivity index (χ4v) is 2.15. The molecule has 0 saturated carbocycles. The summed E-state index contributed by atoms with van der Waals surface area (Å²) in [5.41, 5.74) is 2.68. The first kappa shape index (κ1) is 15.5. The van der Waals surface area contributed by atoms with Crippen LogP contribution in [-0.2, 0) is 11.2 Å². The van der Waals surface area contributed by atoms with E-state index in [4.69, 9.17) is 16.3 Å². The van der Waals surface area contributed by atoms with E-state index in [0.717, 1.165) is 32.5 Å². The summed E-state index contributed by atoms with van der Waals surface area (Å²) in [5, 5.41) is 0. The molecule has 0 amide bonds. The van der Waals surface area contributed by atoms with Crippen LogP contribution in [-0.4, -0.2) is 19.1 Å². The minimum absolute atomic E-state index is 0.524. The molecule has 0 saturated heterocycles. The Balaban J connectivity index is 2.26. The van der Waals surface area contributed by atoms with Crippen LogP contribution in [0.3, 0.4) is 0 Å². The molecule has 0 aliphatic rings. The van der Waals surface area contributed by atoms with E-state index < -0.39 is 0 Å². The van der Waals surface area contributed by atoms with Crippen molar-refractivity contribution in [1.82, 2.24) is 0 Å². The standard InChI is InChI=1S/C16H25ClO/c1-3-4-10-18-11-9-16(13-17)12-15-7-5-14(2)6-8-15/h5-8,16H,3-4,9-13H2,1-2H3. The molecule has 1 unspecified atom stereocenters. The number of ether oxygens (including phenoxy) is 1. The fourth-order valence-electron chi connectivity index (χ4n) is 1.89. The molecule has 0 aliphatic heterocycles. The Labute approximate surface area is 116 Å². The topological polar surface area (TPSA) is 9.23 Å². The molecule has 2 heteroatoms. The molecule has 1 nitrogen and oxygen atoms in total. The first-order chi connectivity index (χ1) is 8.76. The van der Waals surface area contributed by atoms with Gasteiger partial charge in [0.05, 0.1) is 0 Å². The quantitative estimate of drug-likeness (QED) is 0.470. The maximum atomic E-state index is 6.03. The second-order valence-corrected chi connectivity index (χ2v) is 5.27. The molecule has 0 bridgehead atoms. The van der Waals surface area contributed by atoms with Crippen LogP contribution in [0.2, 0.25) is 0 Å². The summed E-state index contributed by atoms with van der Waals surface area (Å²) in [6, 6.07) is 8.73. The minimum Gasteiger partial charge on any atom is -0.381 e. The van der Waals surface area contributed by atoms with Crippen LogP contribution in [0.25, 0.3) is 0 Å². The Morgan fingerprint density at radius 1 is 1.17 bits per heavy atom. The molecule has 0 spiro atoms. The molecule has 1 rings (SSSR count). The fraction of sp³-hybridized carbons (Fsp3) is 0.625. The van der Waals surface area contributed by atoms with Crippen LogP contribution in [0, 0.1) is 12.8 Å². The average Bonchev–Trinajstić information content (AvgIpc) is 2.39. The zero-order chi connectivity index (χ0) is 13.2. The summed E-state index contributed by atoms with van der Waals surface area (Å²) < 4.78 is 5.60. The summed E-state index contributed by atoms with van der Waals surface area (Å²) in [5.74, 6) is 1.24. The van der Waals surface area contributed by atoms with Crippen molar-refractivity contribution in [1.29, 1.82) is 0 Å². The summed E-state index contributed by atoms with van der Waals surface area (Å²) in [6.45, 7) is 6.02. The molecular formula is C16H25ClO. The molecule has 1 aromatic carbocycles. The second-order valence-electron chi connectivity index (χ2n) is 4.96. The van der Waals surface area contributed by atoms with Gasteiger partial charge in [-0.2, -0.15) is 0 Å². The Hall–Kier alpha value is -0.530. The van der Waals surface area contributed by atoms with Crippen LogP contribution in [0.5, 0.6) is 0 Å². The van der Waals surface area contributed by atoms with Gasteiger partial charge in [-0.05, 0) is 37.7 Å². The Kier molecular flexibility index (Phi) is 8.11. The van der Waals surface area contributed by atoms with E-state index in [-0.39, 0.29) is 0 Å². The van der Waals surface area contributed by atoms with Crippen LogP contribution >= 0.6 is 11.6 Å². The van der Waals surface area contributed by atoms with Crippen molar-refractivity contribution in [3.05, 3.63) is 35.4 Å². The van der Waals surface area contributed by atoms with Crippen LogP contribution in [0.4, 0.5) is 0 Å². The number of rotatable bonds is 9. The van der Waals surface area contributed by atoms with Gasteiger partial charge in [-0.3, -0.25) is 0 Å². The molecule has 1 atom stereocenters. The van der Waals surface area contributed by atoms with E-state index in [1.54, 1.807) is 0 Å². The predicted octanol–water partition coefficient (Wildman–Crippen LogP) is 4.60. The zero-order valence-electron chi connectivity index (χ0n) is 11.6. The number of alkyl halides is 1. The molecule has 102 valence electrons. The zero-order valence-corrected chi connectivity index (χ0v) is 12.4. The summed E-state index contributed by atoms with van der Waals surface area (Å²) >= 11 is 6.03. The highest BCUT2D eigenvalue weighted by atomic mass is 35.5. The van der Waals surface area contributed by atoms with Crippen molar-refractivity contribution in [2.24, 2.45) is 5.92 Å². The van der Waals surface area contributed by atoms with Gasteiger partial charge < -0.3 is 4.74 Å². The first-order valence-electron chi connectivity index (χ1n) is 6.95. The van der Waals surface area contributed by atoms with Gasteiger partial charge in [0.15, 0.2) is 0 Å². The van der Waals surface area contributed by atoms with Crippen LogP contribution in [0.1, 0.15) is 37.3 Å². The Morgan fingerprint density at radius 2 is 1.89 bits per heavy atom. The van der Waals surface area contributed by atoms with Crippen LogP contribution < -0.4 is 0 Å². The van der Waals surface area contributed by atoms with Gasteiger partial charge in [-0.25, -0.2) is 0 Å². The summed E-state index contributed by atoms with van der Waals surface area (Å²) in [7, 11) is 0. The lowest BCUT2D eigenvalue weighted by Gasteiger charge is -2.14. The highest BCUT2D eigenvalue weighted by Gasteiger charge is 2.08. The van der Waals surface area contributed by atoms with E-state index in [9.17, 15) is 0 Å². The maximum Gasteiger partial charge on any atom is 0.0469 e. The lowest BCUT2D eigenvalue weighted by molar-refractivity contribution is 0.119.